The van der Waals surface area contributed by atoms with Crippen LogP contribution in [0.1, 0.15) is 21.5 Å². The molecule has 18 heavy (non-hydrogen) atoms. The predicted octanol–water partition coefficient (Wildman–Crippen LogP) is 1.14. The first-order valence-corrected chi connectivity index (χ1v) is 5.73. The van der Waals surface area contributed by atoms with Gasteiger partial charge in [-0.05, 0) is 17.7 Å². The van der Waals surface area contributed by atoms with Crippen LogP contribution in [-0.4, -0.2) is 28.1 Å². The minimum Gasteiger partial charge on any atom is -0.337 e. The van der Waals surface area contributed by atoms with Gasteiger partial charge in [-0.15, -0.1) is 0 Å². The lowest BCUT2D eigenvalue weighted by Gasteiger charge is -2.16. The van der Waals surface area contributed by atoms with Crippen molar-refractivity contribution >= 4 is 5.91 Å². The number of carbonyl (C=O) groups excluding carboxylic acids is 1. The molecule has 0 aliphatic heterocycles. The largest absolute Gasteiger partial charge is 0.337 e. The fourth-order valence-corrected chi connectivity index (χ4v) is 1.71. The zero-order valence-corrected chi connectivity index (χ0v) is 10.3. The highest BCUT2D eigenvalue weighted by Crippen LogP contribution is 2.09. The second-order valence-electron chi connectivity index (χ2n) is 4.17. The van der Waals surface area contributed by atoms with Crippen molar-refractivity contribution in [1.82, 2.24) is 15.1 Å². The highest BCUT2D eigenvalue weighted by Gasteiger charge is 2.12. The van der Waals surface area contributed by atoms with Crippen LogP contribution in [0, 0.1) is 0 Å². The molecule has 0 aliphatic rings. The van der Waals surface area contributed by atoms with Crippen LogP contribution >= 0.6 is 0 Å². The number of carbonyl (C=O) groups is 1. The van der Waals surface area contributed by atoms with E-state index < -0.39 is 0 Å². The van der Waals surface area contributed by atoms with Crippen molar-refractivity contribution in [3.63, 3.8) is 0 Å². The zero-order valence-electron chi connectivity index (χ0n) is 10.3. The molecule has 2 aromatic rings. The van der Waals surface area contributed by atoms with Gasteiger partial charge in [0.2, 0.25) is 0 Å². The van der Waals surface area contributed by atoms with E-state index in [-0.39, 0.29) is 5.91 Å². The maximum absolute atomic E-state index is 12.1. The van der Waals surface area contributed by atoms with Crippen LogP contribution in [0.25, 0.3) is 0 Å². The van der Waals surface area contributed by atoms with Crippen LogP contribution in [0.5, 0.6) is 0 Å². The quantitative estimate of drug-likeness (QED) is 0.847. The minimum atomic E-state index is -0.0141. The molecule has 0 fully saturated rings. The van der Waals surface area contributed by atoms with E-state index in [1.165, 1.54) is 0 Å². The van der Waals surface area contributed by atoms with Crippen molar-refractivity contribution in [3.8, 4) is 0 Å². The molecule has 1 aromatic carbocycles. The van der Waals surface area contributed by atoms with Gasteiger partial charge in [0.15, 0.2) is 0 Å². The molecule has 0 unspecified atom stereocenters. The molecule has 0 atom stereocenters. The van der Waals surface area contributed by atoms with Gasteiger partial charge in [0, 0.05) is 37.5 Å². The standard InChI is InChI=1S/C13H16N4O/c1-17(9-11-7-15-16-8-11)13(18)12-4-2-10(6-14)3-5-12/h2-5,7-8H,6,9,14H2,1H3,(H,15,16). The predicted molar refractivity (Wildman–Crippen MR) is 68.7 cm³/mol. The van der Waals surface area contributed by atoms with Gasteiger partial charge in [0.25, 0.3) is 5.91 Å². The fraction of sp³-hybridized carbons (Fsp3) is 0.231. The summed E-state index contributed by atoms with van der Waals surface area (Å²) in [6.07, 6.45) is 3.49. The van der Waals surface area contributed by atoms with Gasteiger partial charge in [-0.25, -0.2) is 0 Å². The van der Waals surface area contributed by atoms with E-state index in [1.807, 2.05) is 12.1 Å². The molecule has 5 nitrogen and oxygen atoms in total. The Hall–Kier alpha value is -2.14. The van der Waals surface area contributed by atoms with Crippen LogP contribution in [0.4, 0.5) is 0 Å². The van der Waals surface area contributed by atoms with E-state index in [9.17, 15) is 4.79 Å². The lowest BCUT2D eigenvalue weighted by atomic mass is 10.1. The Kier molecular flexibility index (Phi) is 3.74. The third-order valence-corrected chi connectivity index (χ3v) is 2.76. The Morgan fingerprint density at radius 2 is 2.06 bits per heavy atom. The average Bonchev–Trinajstić information content (AvgIpc) is 2.91. The summed E-state index contributed by atoms with van der Waals surface area (Å²) < 4.78 is 0. The number of benzene rings is 1. The van der Waals surface area contributed by atoms with Crippen LogP contribution < -0.4 is 5.73 Å². The van der Waals surface area contributed by atoms with Gasteiger partial charge in [-0.2, -0.15) is 5.10 Å². The Morgan fingerprint density at radius 3 is 2.61 bits per heavy atom. The van der Waals surface area contributed by atoms with E-state index >= 15 is 0 Å². The molecule has 1 amide bonds. The molecular formula is C13H16N4O. The first kappa shape index (κ1) is 12.3. The van der Waals surface area contributed by atoms with Crippen molar-refractivity contribution in [1.29, 1.82) is 0 Å². The van der Waals surface area contributed by atoms with Crippen molar-refractivity contribution in [3.05, 3.63) is 53.3 Å². The third kappa shape index (κ3) is 2.75. The molecule has 0 saturated carbocycles. The summed E-state index contributed by atoms with van der Waals surface area (Å²) in [5, 5.41) is 6.58. The van der Waals surface area contributed by atoms with E-state index in [2.05, 4.69) is 10.2 Å². The van der Waals surface area contributed by atoms with E-state index in [0.29, 0.717) is 18.7 Å². The Bertz CT molecular complexity index is 504. The van der Waals surface area contributed by atoms with Gasteiger partial charge in [0.1, 0.15) is 0 Å². The summed E-state index contributed by atoms with van der Waals surface area (Å²) in [4.78, 5) is 13.8. The summed E-state index contributed by atoms with van der Waals surface area (Å²) >= 11 is 0. The number of nitrogens with one attached hydrogen (secondary N) is 1. The van der Waals surface area contributed by atoms with E-state index in [1.54, 1.807) is 36.5 Å². The molecule has 0 radical (unpaired) electrons. The number of aromatic nitrogens is 2. The first-order valence-electron chi connectivity index (χ1n) is 5.73. The normalized spacial score (nSPS) is 10.3. The summed E-state index contributed by atoms with van der Waals surface area (Å²) in [6.45, 7) is 1.02. The minimum absolute atomic E-state index is 0.0141. The number of hydrogen-bond acceptors (Lipinski definition) is 3. The van der Waals surface area contributed by atoms with Crippen molar-refractivity contribution < 1.29 is 4.79 Å². The summed E-state index contributed by atoms with van der Waals surface area (Å²) in [7, 11) is 1.77. The van der Waals surface area contributed by atoms with E-state index in [4.69, 9.17) is 5.73 Å². The molecule has 5 heteroatoms. The molecule has 94 valence electrons. The zero-order chi connectivity index (χ0) is 13.0. The maximum Gasteiger partial charge on any atom is 0.253 e. The Balaban J connectivity index is 2.05. The SMILES string of the molecule is CN(Cc1cn[nH]c1)C(=O)c1ccc(CN)cc1. The third-order valence-electron chi connectivity index (χ3n) is 2.76. The lowest BCUT2D eigenvalue weighted by Crippen LogP contribution is -2.26. The van der Waals surface area contributed by atoms with Gasteiger partial charge >= 0.3 is 0 Å². The average molecular weight is 244 g/mol. The fourth-order valence-electron chi connectivity index (χ4n) is 1.71. The molecule has 0 bridgehead atoms. The molecule has 0 saturated heterocycles. The van der Waals surface area contributed by atoms with Gasteiger partial charge in [-0.3, -0.25) is 9.89 Å². The van der Waals surface area contributed by atoms with Crippen LogP contribution in [0.15, 0.2) is 36.7 Å². The van der Waals surface area contributed by atoms with E-state index in [0.717, 1.165) is 11.1 Å². The summed E-state index contributed by atoms with van der Waals surface area (Å²) in [6, 6.07) is 7.35. The van der Waals surface area contributed by atoms with Gasteiger partial charge in [0.05, 0.1) is 6.20 Å². The Labute approximate surface area is 106 Å². The summed E-state index contributed by atoms with van der Waals surface area (Å²) in [5.41, 5.74) is 8.18. The van der Waals surface area contributed by atoms with Gasteiger partial charge < -0.3 is 10.6 Å². The lowest BCUT2D eigenvalue weighted by molar-refractivity contribution is 0.0785. The monoisotopic (exact) mass is 244 g/mol. The highest BCUT2D eigenvalue weighted by molar-refractivity contribution is 5.94. The molecule has 0 spiro atoms. The molecule has 3 N–H and O–H groups in total. The van der Waals surface area contributed by atoms with Crippen LogP contribution in [-0.2, 0) is 13.1 Å². The number of H-pyrrole nitrogens is 1. The van der Waals surface area contributed by atoms with Crippen LogP contribution in [0.2, 0.25) is 0 Å². The molecule has 2 rings (SSSR count). The first-order chi connectivity index (χ1) is 8.70. The molecular weight excluding hydrogens is 228 g/mol. The number of aromatic amines is 1. The second-order valence-corrected chi connectivity index (χ2v) is 4.17. The summed E-state index contributed by atoms with van der Waals surface area (Å²) in [5.74, 6) is -0.0141. The smallest absolute Gasteiger partial charge is 0.253 e. The number of hydrogen-bond donors (Lipinski definition) is 2. The number of amides is 1. The number of rotatable bonds is 4. The number of nitrogens with zero attached hydrogens (tertiary/aromatic N) is 2. The van der Waals surface area contributed by atoms with Crippen molar-refractivity contribution in [2.45, 2.75) is 13.1 Å². The molecule has 0 aliphatic carbocycles. The highest BCUT2D eigenvalue weighted by atomic mass is 16.2. The van der Waals surface area contributed by atoms with Crippen LogP contribution in [0.3, 0.4) is 0 Å². The topological polar surface area (TPSA) is 75.0 Å². The van der Waals surface area contributed by atoms with Crippen molar-refractivity contribution in [2.24, 2.45) is 5.73 Å². The second kappa shape index (κ2) is 5.46. The maximum atomic E-state index is 12.1. The Morgan fingerprint density at radius 1 is 1.33 bits per heavy atom. The number of nitrogens with two attached hydrogens (primary N) is 1. The molecule has 1 heterocycles. The molecule has 1 aromatic heterocycles. The van der Waals surface area contributed by atoms with Crippen molar-refractivity contribution in [2.75, 3.05) is 7.05 Å². The van der Waals surface area contributed by atoms with Gasteiger partial charge in [-0.1, -0.05) is 12.1 Å².